The van der Waals surface area contributed by atoms with Gasteiger partial charge in [0.05, 0.1) is 13.2 Å². The number of benzene rings is 2. The van der Waals surface area contributed by atoms with E-state index in [0.29, 0.717) is 29.5 Å². The van der Waals surface area contributed by atoms with Crippen LogP contribution >= 0.6 is 11.3 Å². The highest BCUT2D eigenvalue weighted by molar-refractivity contribution is 7.21. The Labute approximate surface area is 188 Å². The molecule has 1 unspecified atom stereocenters. The first-order valence-electron chi connectivity index (χ1n) is 10.5. The van der Waals surface area contributed by atoms with Crippen LogP contribution < -0.4 is 5.32 Å². The van der Waals surface area contributed by atoms with Crippen LogP contribution in [0.25, 0.3) is 10.1 Å². The van der Waals surface area contributed by atoms with Gasteiger partial charge in [-0.05, 0) is 43.0 Å². The molecule has 8 heteroatoms. The van der Waals surface area contributed by atoms with Crippen molar-refractivity contribution in [3.8, 4) is 0 Å². The summed E-state index contributed by atoms with van der Waals surface area (Å²) in [5.41, 5.74) is 1.50. The number of carbonyl (C=O) groups excluding carboxylic acids is 3. The first-order chi connectivity index (χ1) is 15.4. The number of nitrogens with zero attached hydrogens (tertiary/aromatic N) is 1. The van der Waals surface area contributed by atoms with Gasteiger partial charge in [-0.15, -0.1) is 11.3 Å². The van der Waals surface area contributed by atoms with Gasteiger partial charge >= 0.3 is 12.0 Å². The normalized spacial score (nSPS) is 20.0. The Morgan fingerprint density at radius 3 is 2.75 bits per heavy atom. The van der Waals surface area contributed by atoms with Crippen molar-refractivity contribution in [2.45, 2.75) is 38.3 Å². The third-order valence-corrected chi connectivity index (χ3v) is 7.40. The van der Waals surface area contributed by atoms with Gasteiger partial charge in [-0.25, -0.2) is 14.0 Å². The lowest BCUT2D eigenvalue weighted by atomic mass is 9.78. The molecule has 6 nitrogen and oxygen atoms in total. The van der Waals surface area contributed by atoms with Crippen molar-refractivity contribution in [2.75, 3.05) is 6.61 Å². The van der Waals surface area contributed by atoms with Crippen LogP contribution in [-0.4, -0.2) is 35.0 Å². The van der Waals surface area contributed by atoms with Gasteiger partial charge in [0.25, 0.3) is 5.91 Å². The largest absolute Gasteiger partial charge is 0.462 e. The number of hydrogen-bond donors (Lipinski definition) is 1. The van der Waals surface area contributed by atoms with Crippen molar-refractivity contribution in [2.24, 2.45) is 0 Å². The third-order valence-electron chi connectivity index (χ3n) is 6.22. The molecule has 1 aliphatic carbocycles. The van der Waals surface area contributed by atoms with Gasteiger partial charge in [0.1, 0.15) is 16.2 Å². The predicted octanol–water partition coefficient (Wildman–Crippen LogP) is 4.20. The Morgan fingerprint density at radius 2 is 1.97 bits per heavy atom. The standard InChI is InChI=1S/C24H21FN2O4S/c1-2-31-21(28)20-16(19-17(25)8-5-9-18(19)32-20)13-27-22(29)24(26-23(27)30)11-10-14-6-3-4-7-15(14)12-24/h3-9H,2,10-13H2,1H3,(H,26,30). The molecule has 1 aromatic heterocycles. The Bertz CT molecular complexity index is 1270. The summed E-state index contributed by atoms with van der Waals surface area (Å²) in [5.74, 6) is -1.43. The van der Waals surface area contributed by atoms with Crippen LogP contribution in [0.15, 0.2) is 42.5 Å². The second-order valence-corrected chi connectivity index (χ2v) is 9.14. The van der Waals surface area contributed by atoms with E-state index in [1.54, 1.807) is 19.1 Å². The summed E-state index contributed by atoms with van der Waals surface area (Å²) < 4.78 is 20.5. The highest BCUT2D eigenvalue weighted by Gasteiger charge is 2.52. The number of aryl methyl sites for hydroxylation is 1. The summed E-state index contributed by atoms with van der Waals surface area (Å²) in [5, 5.41) is 3.14. The lowest BCUT2D eigenvalue weighted by molar-refractivity contribution is -0.132. The monoisotopic (exact) mass is 452 g/mol. The third kappa shape index (κ3) is 3.17. The lowest BCUT2D eigenvalue weighted by Gasteiger charge is -2.32. The van der Waals surface area contributed by atoms with Gasteiger partial charge < -0.3 is 10.1 Å². The maximum atomic E-state index is 14.7. The topological polar surface area (TPSA) is 75.7 Å². The zero-order valence-electron chi connectivity index (χ0n) is 17.4. The van der Waals surface area contributed by atoms with Gasteiger partial charge in [0, 0.05) is 22.1 Å². The number of ether oxygens (including phenoxy) is 1. The smallest absolute Gasteiger partial charge is 0.348 e. The Balaban J connectivity index is 1.52. The molecule has 1 atom stereocenters. The van der Waals surface area contributed by atoms with Crippen LogP contribution in [0.4, 0.5) is 9.18 Å². The molecule has 2 aliphatic rings. The number of urea groups is 1. The second-order valence-electron chi connectivity index (χ2n) is 8.09. The summed E-state index contributed by atoms with van der Waals surface area (Å²) >= 11 is 1.11. The summed E-state index contributed by atoms with van der Waals surface area (Å²) in [7, 11) is 0. The Hall–Kier alpha value is -3.26. The van der Waals surface area contributed by atoms with E-state index in [1.165, 1.54) is 11.6 Å². The molecule has 5 rings (SSSR count). The van der Waals surface area contributed by atoms with E-state index in [0.717, 1.165) is 21.8 Å². The molecule has 0 radical (unpaired) electrons. The summed E-state index contributed by atoms with van der Waals surface area (Å²) in [4.78, 5) is 40.3. The molecule has 3 amide bonds. The fourth-order valence-corrected chi connectivity index (χ4v) is 5.80. The van der Waals surface area contributed by atoms with Gasteiger partial charge in [-0.1, -0.05) is 30.3 Å². The minimum atomic E-state index is -1.01. The van der Waals surface area contributed by atoms with Crippen molar-refractivity contribution in [3.63, 3.8) is 0 Å². The zero-order valence-corrected chi connectivity index (χ0v) is 18.3. The average molecular weight is 453 g/mol. The molecule has 1 N–H and O–H groups in total. The highest BCUT2D eigenvalue weighted by Crippen LogP contribution is 2.38. The number of amides is 3. The fraction of sp³-hybridized carbons (Fsp3) is 0.292. The zero-order chi connectivity index (χ0) is 22.5. The number of fused-ring (bicyclic) bond motifs is 2. The van der Waals surface area contributed by atoms with E-state index >= 15 is 0 Å². The molecule has 0 bridgehead atoms. The lowest BCUT2D eigenvalue weighted by Crippen LogP contribution is -2.51. The van der Waals surface area contributed by atoms with Crippen molar-refractivity contribution in [1.82, 2.24) is 10.2 Å². The maximum Gasteiger partial charge on any atom is 0.348 e. The van der Waals surface area contributed by atoms with E-state index in [-0.39, 0.29) is 29.3 Å². The Kier molecular flexibility index (Phi) is 4.97. The summed E-state index contributed by atoms with van der Waals surface area (Å²) in [6, 6.07) is 11.9. The van der Waals surface area contributed by atoms with Crippen molar-refractivity contribution < 1.29 is 23.5 Å². The van der Waals surface area contributed by atoms with Gasteiger partial charge in [-0.2, -0.15) is 0 Å². The number of carbonyl (C=O) groups is 3. The summed E-state index contributed by atoms with van der Waals surface area (Å²) in [6.07, 6.45) is 1.59. The molecule has 1 saturated heterocycles. The number of imide groups is 1. The molecule has 0 saturated carbocycles. The van der Waals surface area contributed by atoms with E-state index in [2.05, 4.69) is 5.32 Å². The Morgan fingerprint density at radius 1 is 1.19 bits per heavy atom. The average Bonchev–Trinajstić information content (AvgIpc) is 3.26. The van der Waals surface area contributed by atoms with Crippen LogP contribution in [0.2, 0.25) is 0 Å². The molecule has 164 valence electrons. The van der Waals surface area contributed by atoms with E-state index < -0.39 is 23.4 Å². The van der Waals surface area contributed by atoms with Crippen LogP contribution in [0.1, 0.15) is 39.7 Å². The number of hydrogen-bond acceptors (Lipinski definition) is 5. The predicted molar refractivity (Wildman–Crippen MR) is 118 cm³/mol. The van der Waals surface area contributed by atoms with Crippen LogP contribution in [0.5, 0.6) is 0 Å². The number of halogens is 1. The first kappa shape index (κ1) is 20.6. The molecule has 2 aromatic carbocycles. The van der Waals surface area contributed by atoms with Crippen molar-refractivity contribution in [1.29, 1.82) is 0 Å². The molecule has 1 fully saturated rings. The number of rotatable bonds is 4. The SMILES string of the molecule is CCOC(=O)c1sc2cccc(F)c2c1CN1C(=O)NC2(CCc3ccccc3C2)C1=O. The van der Waals surface area contributed by atoms with E-state index in [1.807, 2.05) is 24.3 Å². The highest BCUT2D eigenvalue weighted by atomic mass is 32.1. The van der Waals surface area contributed by atoms with Crippen molar-refractivity contribution in [3.05, 3.63) is 69.8 Å². The summed E-state index contributed by atoms with van der Waals surface area (Å²) in [6.45, 7) is 1.66. The quantitative estimate of drug-likeness (QED) is 0.476. The number of thiophene rings is 1. The first-order valence-corrected chi connectivity index (χ1v) is 11.3. The molecule has 1 spiro atoms. The van der Waals surface area contributed by atoms with E-state index in [9.17, 15) is 18.8 Å². The molecule has 1 aliphatic heterocycles. The molecular weight excluding hydrogens is 431 g/mol. The van der Waals surface area contributed by atoms with Gasteiger partial charge in [-0.3, -0.25) is 9.69 Å². The van der Waals surface area contributed by atoms with Gasteiger partial charge in [0.2, 0.25) is 0 Å². The molecular formula is C24H21FN2O4S. The van der Waals surface area contributed by atoms with Crippen molar-refractivity contribution >= 4 is 39.3 Å². The molecule has 2 heterocycles. The second kappa shape index (κ2) is 7.70. The maximum absolute atomic E-state index is 14.7. The van der Waals surface area contributed by atoms with Crippen LogP contribution in [0, 0.1) is 5.82 Å². The number of esters is 1. The van der Waals surface area contributed by atoms with E-state index in [4.69, 9.17) is 4.74 Å². The minimum Gasteiger partial charge on any atom is -0.462 e. The molecule has 32 heavy (non-hydrogen) atoms. The van der Waals surface area contributed by atoms with Gasteiger partial charge in [0.15, 0.2) is 0 Å². The van der Waals surface area contributed by atoms with Crippen LogP contribution in [0.3, 0.4) is 0 Å². The fourth-order valence-electron chi connectivity index (χ4n) is 4.68. The molecule has 3 aromatic rings. The number of nitrogens with one attached hydrogen (secondary N) is 1. The minimum absolute atomic E-state index is 0.167. The van der Waals surface area contributed by atoms with Crippen LogP contribution in [-0.2, 0) is 28.9 Å².